The normalized spacial score (nSPS) is 15.8. The van der Waals surface area contributed by atoms with Crippen molar-refractivity contribution in [2.24, 2.45) is 0 Å². The maximum atomic E-state index is 9.81. The molecule has 1 rings (SSSR count). The second kappa shape index (κ2) is 2.92. The fourth-order valence-electron chi connectivity index (χ4n) is 0.650. The van der Waals surface area contributed by atoms with E-state index in [9.17, 15) is 5.11 Å². The van der Waals surface area contributed by atoms with Gasteiger partial charge in [0, 0.05) is 0 Å². The van der Waals surface area contributed by atoms with Crippen molar-refractivity contribution in [2.45, 2.75) is 0 Å². The molecule has 0 atom stereocenters. The lowest BCUT2D eigenvalue weighted by atomic mass is 10.3. The van der Waals surface area contributed by atoms with Gasteiger partial charge >= 0.3 is 0 Å². The average molecular weight is 119 g/mol. The van der Waals surface area contributed by atoms with Gasteiger partial charge in [0.2, 0.25) is 0 Å². The highest BCUT2D eigenvalue weighted by Crippen LogP contribution is 2.05. The summed E-state index contributed by atoms with van der Waals surface area (Å²) in [5.74, 6) is 0. The summed E-state index contributed by atoms with van der Waals surface area (Å²) >= 11 is 0. The number of hydrogen-bond acceptors (Lipinski definition) is 1. The smallest absolute Gasteiger partial charge is 0.0257 e. The number of allylic oxidation sites excluding steroid dienone is 7. The highest BCUT2D eigenvalue weighted by molar-refractivity contribution is 5.41. The Labute approximate surface area is 54.3 Å². The van der Waals surface area contributed by atoms with E-state index in [4.69, 9.17) is 0 Å². The third kappa shape index (κ3) is 1.61. The molecule has 9 heavy (non-hydrogen) atoms. The fraction of sp³-hybridized carbons (Fsp3) is 0. The highest BCUT2D eigenvalue weighted by Gasteiger charge is 1.85. The van der Waals surface area contributed by atoms with E-state index in [1.165, 1.54) is 6.08 Å². The van der Waals surface area contributed by atoms with Crippen molar-refractivity contribution in [1.29, 1.82) is 0 Å². The van der Waals surface area contributed by atoms with E-state index in [2.05, 4.69) is 0 Å². The van der Waals surface area contributed by atoms with Crippen LogP contribution in [0.2, 0.25) is 0 Å². The molecule has 0 aromatic rings. The molecular formula is C8H7O-. The van der Waals surface area contributed by atoms with Gasteiger partial charge in [0.25, 0.3) is 0 Å². The van der Waals surface area contributed by atoms with Crippen molar-refractivity contribution in [1.82, 2.24) is 0 Å². The summed E-state index contributed by atoms with van der Waals surface area (Å²) in [5.41, 5.74) is 1.07. The first-order chi connectivity index (χ1) is 4.43. The Hall–Kier alpha value is -1.24. The summed E-state index contributed by atoms with van der Waals surface area (Å²) in [6.45, 7) is 0. The van der Waals surface area contributed by atoms with E-state index in [1.807, 2.05) is 24.3 Å². The molecule has 0 spiro atoms. The standard InChI is InChI=1S/C8H8O/c9-7-3-6-8-4-1-2-5-8/h1-7,9H/p-1/b7-3+. The lowest BCUT2D eigenvalue weighted by molar-refractivity contribution is -0.274. The minimum Gasteiger partial charge on any atom is -0.878 e. The molecule has 0 aliphatic heterocycles. The third-order valence-corrected chi connectivity index (χ3v) is 1.06. The van der Waals surface area contributed by atoms with Gasteiger partial charge in [0.15, 0.2) is 0 Å². The quantitative estimate of drug-likeness (QED) is 0.470. The molecule has 0 unspecified atom stereocenters. The molecule has 0 radical (unpaired) electrons. The van der Waals surface area contributed by atoms with Gasteiger partial charge in [-0.2, -0.15) is 0 Å². The molecule has 0 amide bonds. The molecule has 0 saturated carbocycles. The molecule has 1 aliphatic rings. The van der Waals surface area contributed by atoms with Gasteiger partial charge < -0.3 is 5.11 Å². The summed E-state index contributed by atoms with van der Waals surface area (Å²) in [6, 6.07) is 0. The molecule has 0 N–H and O–H groups in total. The van der Waals surface area contributed by atoms with Gasteiger partial charge in [0.1, 0.15) is 0 Å². The van der Waals surface area contributed by atoms with Gasteiger partial charge in [-0.05, 0) is 5.57 Å². The van der Waals surface area contributed by atoms with Crippen LogP contribution in [0.5, 0.6) is 0 Å². The molecule has 0 aromatic heterocycles. The molecule has 0 fully saturated rings. The van der Waals surface area contributed by atoms with E-state index in [1.54, 1.807) is 6.08 Å². The Morgan fingerprint density at radius 2 is 1.89 bits per heavy atom. The molecule has 1 nitrogen and oxygen atoms in total. The van der Waals surface area contributed by atoms with Crippen LogP contribution in [0.4, 0.5) is 0 Å². The topological polar surface area (TPSA) is 23.1 Å². The van der Waals surface area contributed by atoms with E-state index in [0.29, 0.717) is 0 Å². The molecular weight excluding hydrogens is 112 g/mol. The van der Waals surface area contributed by atoms with Crippen molar-refractivity contribution in [2.75, 3.05) is 0 Å². The Bertz CT molecular complexity index is 181. The third-order valence-electron chi connectivity index (χ3n) is 1.06. The first-order valence-electron chi connectivity index (χ1n) is 2.77. The molecule has 0 bridgehead atoms. The van der Waals surface area contributed by atoms with Crippen molar-refractivity contribution < 1.29 is 5.11 Å². The summed E-state index contributed by atoms with van der Waals surface area (Å²) in [4.78, 5) is 0. The van der Waals surface area contributed by atoms with E-state index in [-0.39, 0.29) is 0 Å². The minimum absolute atomic E-state index is 0.771. The van der Waals surface area contributed by atoms with Crippen LogP contribution in [-0.4, -0.2) is 0 Å². The van der Waals surface area contributed by atoms with Gasteiger partial charge in [-0.1, -0.05) is 36.5 Å². The Balaban J connectivity index is 2.62. The van der Waals surface area contributed by atoms with Crippen LogP contribution in [0.15, 0.2) is 48.3 Å². The predicted molar refractivity (Wildman–Crippen MR) is 35.5 cm³/mol. The van der Waals surface area contributed by atoms with Crippen LogP contribution < -0.4 is 5.11 Å². The summed E-state index contributed by atoms with van der Waals surface area (Å²) in [5, 5.41) is 9.81. The second-order valence-electron chi connectivity index (χ2n) is 1.71. The SMILES string of the molecule is [O-]/C=C/C=C1C=CC=C1. The van der Waals surface area contributed by atoms with Crippen LogP contribution in [0.3, 0.4) is 0 Å². The molecule has 0 aromatic carbocycles. The lowest BCUT2D eigenvalue weighted by Gasteiger charge is -1.85. The van der Waals surface area contributed by atoms with Crippen molar-refractivity contribution in [3.8, 4) is 0 Å². The Morgan fingerprint density at radius 3 is 2.44 bits per heavy atom. The molecule has 1 heteroatoms. The van der Waals surface area contributed by atoms with Crippen LogP contribution in [0.1, 0.15) is 0 Å². The first kappa shape index (κ1) is 5.89. The zero-order valence-corrected chi connectivity index (χ0v) is 4.95. The van der Waals surface area contributed by atoms with Crippen LogP contribution in [0, 0.1) is 0 Å². The zero-order chi connectivity index (χ0) is 6.53. The molecule has 1 aliphatic carbocycles. The maximum absolute atomic E-state index is 9.81. The largest absolute Gasteiger partial charge is 0.878 e. The summed E-state index contributed by atoms with van der Waals surface area (Å²) < 4.78 is 0. The van der Waals surface area contributed by atoms with Gasteiger partial charge in [0.05, 0.1) is 0 Å². The van der Waals surface area contributed by atoms with Gasteiger partial charge in [-0.25, -0.2) is 0 Å². The Morgan fingerprint density at radius 1 is 1.22 bits per heavy atom. The highest BCUT2D eigenvalue weighted by atomic mass is 16.2. The van der Waals surface area contributed by atoms with Crippen molar-refractivity contribution >= 4 is 0 Å². The summed E-state index contributed by atoms with van der Waals surface area (Å²) in [7, 11) is 0. The maximum Gasteiger partial charge on any atom is -0.0257 e. The van der Waals surface area contributed by atoms with Crippen LogP contribution >= 0.6 is 0 Å². The van der Waals surface area contributed by atoms with Gasteiger partial charge in [-0.15, -0.1) is 6.26 Å². The Kier molecular flexibility index (Phi) is 1.91. The zero-order valence-electron chi connectivity index (χ0n) is 4.95. The van der Waals surface area contributed by atoms with Crippen LogP contribution in [-0.2, 0) is 0 Å². The first-order valence-corrected chi connectivity index (χ1v) is 2.77. The lowest BCUT2D eigenvalue weighted by Crippen LogP contribution is -1.82. The minimum atomic E-state index is 0.771. The molecule has 46 valence electrons. The van der Waals surface area contributed by atoms with E-state index >= 15 is 0 Å². The molecule has 0 heterocycles. The molecule has 0 saturated heterocycles. The van der Waals surface area contributed by atoms with Crippen molar-refractivity contribution in [3.63, 3.8) is 0 Å². The van der Waals surface area contributed by atoms with E-state index in [0.717, 1.165) is 11.8 Å². The number of hydrogen-bond donors (Lipinski definition) is 0. The number of rotatable bonds is 1. The van der Waals surface area contributed by atoms with Crippen LogP contribution in [0.25, 0.3) is 0 Å². The average Bonchev–Trinajstić information content (AvgIpc) is 2.34. The predicted octanol–water partition coefficient (Wildman–Crippen LogP) is 0.913. The van der Waals surface area contributed by atoms with Crippen molar-refractivity contribution in [3.05, 3.63) is 48.3 Å². The van der Waals surface area contributed by atoms with Gasteiger partial charge in [-0.3, -0.25) is 0 Å². The fourth-order valence-corrected chi connectivity index (χ4v) is 0.650. The summed E-state index contributed by atoms with van der Waals surface area (Å²) in [6.07, 6.45) is 11.8. The monoisotopic (exact) mass is 119 g/mol. The van der Waals surface area contributed by atoms with E-state index < -0.39 is 0 Å². The second-order valence-corrected chi connectivity index (χ2v) is 1.71.